The first-order valence-electron chi connectivity index (χ1n) is 7.83. The van der Waals surface area contributed by atoms with Gasteiger partial charge in [0.05, 0.1) is 11.1 Å². The summed E-state index contributed by atoms with van der Waals surface area (Å²) in [5.41, 5.74) is 6.08. The highest BCUT2D eigenvalue weighted by Crippen LogP contribution is 2.24. The van der Waals surface area contributed by atoms with Crippen LogP contribution in [0.15, 0.2) is 18.2 Å². The minimum absolute atomic E-state index is 0.285. The van der Waals surface area contributed by atoms with Gasteiger partial charge in [0.2, 0.25) is 0 Å². The smallest absolute Gasteiger partial charge is 0.261 e. The Morgan fingerprint density at radius 1 is 1.22 bits per heavy atom. The molecular weight excluding hydrogens is 294 g/mol. The Balaban J connectivity index is 2.25. The number of amides is 3. The van der Waals surface area contributed by atoms with Crippen molar-refractivity contribution in [1.82, 2.24) is 10.2 Å². The lowest BCUT2D eigenvalue weighted by Gasteiger charge is -2.24. The number of nitrogens with one attached hydrogen (secondary N) is 1. The van der Waals surface area contributed by atoms with Crippen LogP contribution >= 0.6 is 0 Å². The van der Waals surface area contributed by atoms with Gasteiger partial charge in [-0.2, -0.15) is 0 Å². The normalized spacial score (nSPS) is 14.2. The zero-order valence-corrected chi connectivity index (χ0v) is 13.8. The molecule has 124 valence electrons. The van der Waals surface area contributed by atoms with Crippen LogP contribution in [0.2, 0.25) is 0 Å². The standard InChI is InChI=1S/C17H23N3O3/c1-4-5-8-20-15(22)12-7-6-11(9-13(12)16(20)23)14(21)19-17(2,3)10-18/h6-7,9H,4-5,8,10,18H2,1-3H3,(H,19,21). The van der Waals surface area contributed by atoms with Gasteiger partial charge < -0.3 is 11.1 Å². The van der Waals surface area contributed by atoms with E-state index in [-0.39, 0.29) is 17.7 Å². The lowest BCUT2D eigenvalue weighted by Crippen LogP contribution is -2.48. The van der Waals surface area contributed by atoms with Gasteiger partial charge >= 0.3 is 0 Å². The van der Waals surface area contributed by atoms with Gasteiger partial charge in [-0.15, -0.1) is 0 Å². The zero-order chi connectivity index (χ0) is 17.2. The fraction of sp³-hybridized carbons (Fsp3) is 0.471. The van der Waals surface area contributed by atoms with Crippen molar-refractivity contribution in [2.45, 2.75) is 39.2 Å². The van der Waals surface area contributed by atoms with Crippen LogP contribution in [0.3, 0.4) is 0 Å². The van der Waals surface area contributed by atoms with Crippen LogP contribution in [0.25, 0.3) is 0 Å². The molecule has 0 aliphatic carbocycles. The first kappa shape index (κ1) is 17.1. The maximum atomic E-state index is 12.4. The molecule has 0 spiro atoms. The van der Waals surface area contributed by atoms with Crippen molar-refractivity contribution in [3.8, 4) is 0 Å². The second-order valence-corrected chi connectivity index (χ2v) is 6.42. The Morgan fingerprint density at radius 3 is 2.48 bits per heavy atom. The number of hydrogen-bond acceptors (Lipinski definition) is 4. The Labute approximate surface area is 136 Å². The molecule has 0 atom stereocenters. The van der Waals surface area contributed by atoms with Gasteiger partial charge in [-0.25, -0.2) is 0 Å². The summed E-state index contributed by atoms with van der Waals surface area (Å²) in [6, 6.07) is 4.60. The lowest BCUT2D eigenvalue weighted by molar-refractivity contribution is 0.0652. The molecule has 3 amide bonds. The van der Waals surface area contributed by atoms with Crippen LogP contribution in [0.5, 0.6) is 0 Å². The van der Waals surface area contributed by atoms with Crippen molar-refractivity contribution in [1.29, 1.82) is 0 Å². The quantitative estimate of drug-likeness (QED) is 0.779. The van der Waals surface area contributed by atoms with Crippen LogP contribution in [-0.2, 0) is 0 Å². The molecule has 0 saturated heterocycles. The predicted molar refractivity (Wildman–Crippen MR) is 87.3 cm³/mol. The molecule has 0 aromatic heterocycles. The Morgan fingerprint density at radius 2 is 1.87 bits per heavy atom. The number of carbonyl (C=O) groups excluding carboxylic acids is 3. The van der Waals surface area contributed by atoms with Gasteiger partial charge in [0.1, 0.15) is 0 Å². The monoisotopic (exact) mass is 317 g/mol. The molecule has 1 aromatic rings. The largest absolute Gasteiger partial charge is 0.346 e. The molecule has 2 rings (SSSR count). The van der Waals surface area contributed by atoms with E-state index in [2.05, 4.69) is 5.32 Å². The van der Waals surface area contributed by atoms with E-state index in [0.717, 1.165) is 12.8 Å². The summed E-state index contributed by atoms with van der Waals surface area (Å²) < 4.78 is 0. The molecule has 0 saturated carbocycles. The van der Waals surface area contributed by atoms with Gasteiger partial charge in [0, 0.05) is 24.2 Å². The third kappa shape index (κ3) is 3.42. The van der Waals surface area contributed by atoms with E-state index in [9.17, 15) is 14.4 Å². The van der Waals surface area contributed by atoms with Gasteiger partial charge in [0.15, 0.2) is 0 Å². The van der Waals surface area contributed by atoms with Crippen LogP contribution in [-0.4, -0.2) is 41.2 Å². The number of carbonyl (C=O) groups is 3. The zero-order valence-electron chi connectivity index (χ0n) is 13.8. The summed E-state index contributed by atoms with van der Waals surface area (Å²) in [5.74, 6) is -0.922. The van der Waals surface area contributed by atoms with E-state index in [1.54, 1.807) is 12.1 Å². The number of hydrogen-bond donors (Lipinski definition) is 2. The van der Waals surface area contributed by atoms with Crippen molar-refractivity contribution in [2.75, 3.05) is 13.1 Å². The fourth-order valence-electron chi connectivity index (χ4n) is 2.38. The summed E-state index contributed by atoms with van der Waals surface area (Å²) in [6.45, 7) is 6.34. The lowest BCUT2D eigenvalue weighted by atomic mass is 10.0. The van der Waals surface area contributed by atoms with Crippen LogP contribution in [0, 0.1) is 0 Å². The number of nitrogens with two attached hydrogens (primary N) is 1. The maximum Gasteiger partial charge on any atom is 0.261 e. The second-order valence-electron chi connectivity index (χ2n) is 6.42. The molecule has 3 N–H and O–H groups in total. The van der Waals surface area contributed by atoms with Gasteiger partial charge in [-0.3, -0.25) is 19.3 Å². The van der Waals surface area contributed by atoms with Crippen molar-refractivity contribution >= 4 is 17.7 Å². The average Bonchev–Trinajstić information content (AvgIpc) is 2.76. The summed E-state index contributed by atoms with van der Waals surface area (Å²) in [5, 5.41) is 2.81. The highest BCUT2D eigenvalue weighted by atomic mass is 16.2. The molecule has 1 heterocycles. The molecule has 1 aliphatic heterocycles. The van der Waals surface area contributed by atoms with E-state index in [1.807, 2.05) is 20.8 Å². The summed E-state index contributed by atoms with van der Waals surface area (Å²) in [7, 11) is 0. The molecule has 0 unspecified atom stereocenters. The van der Waals surface area contributed by atoms with E-state index in [0.29, 0.717) is 29.8 Å². The first-order chi connectivity index (χ1) is 10.8. The SMILES string of the molecule is CCCCN1C(=O)c2ccc(C(=O)NC(C)(C)CN)cc2C1=O. The molecule has 6 nitrogen and oxygen atoms in total. The first-order valence-corrected chi connectivity index (χ1v) is 7.83. The molecule has 1 aliphatic rings. The molecule has 0 bridgehead atoms. The molecule has 23 heavy (non-hydrogen) atoms. The minimum Gasteiger partial charge on any atom is -0.346 e. The van der Waals surface area contributed by atoms with Crippen molar-refractivity contribution in [3.05, 3.63) is 34.9 Å². The van der Waals surface area contributed by atoms with E-state index < -0.39 is 5.54 Å². The van der Waals surface area contributed by atoms with E-state index in [4.69, 9.17) is 5.73 Å². The highest BCUT2D eigenvalue weighted by molar-refractivity contribution is 6.22. The maximum absolute atomic E-state index is 12.4. The fourth-order valence-corrected chi connectivity index (χ4v) is 2.38. The number of fused-ring (bicyclic) bond motifs is 1. The molecule has 0 fully saturated rings. The van der Waals surface area contributed by atoms with Gasteiger partial charge in [-0.05, 0) is 38.5 Å². The number of imide groups is 1. The van der Waals surface area contributed by atoms with Gasteiger partial charge in [0.25, 0.3) is 17.7 Å². The summed E-state index contributed by atoms with van der Waals surface area (Å²) in [4.78, 5) is 38.2. The molecule has 0 radical (unpaired) electrons. The Hall–Kier alpha value is -2.21. The van der Waals surface area contributed by atoms with E-state index in [1.165, 1.54) is 11.0 Å². The van der Waals surface area contributed by atoms with E-state index >= 15 is 0 Å². The summed E-state index contributed by atoms with van der Waals surface area (Å²) >= 11 is 0. The molecular formula is C17H23N3O3. The molecule has 1 aromatic carbocycles. The van der Waals surface area contributed by atoms with Crippen molar-refractivity contribution < 1.29 is 14.4 Å². The van der Waals surface area contributed by atoms with Crippen LogP contribution < -0.4 is 11.1 Å². The van der Waals surface area contributed by atoms with Crippen molar-refractivity contribution in [3.63, 3.8) is 0 Å². The van der Waals surface area contributed by atoms with Crippen LogP contribution in [0.1, 0.15) is 64.7 Å². The minimum atomic E-state index is -0.539. The summed E-state index contributed by atoms with van der Waals surface area (Å²) in [6.07, 6.45) is 1.67. The third-order valence-corrected chi connectivity index (χ3v) is 3.93. The number of benzene rings is 1. The van der Waals surface area contributed by atoms with Crippen molar-refractivity contribution in [2.24, 2.45) is 5.73 Å². The number of nitrogens with zero attached hydrogens (tertiary/aromatic N) is 1. The highest BCUT2D eigenvalue weighted by Gasteiger charge is 2.35. The predicted octanol–water partition coefficient (Wildman–Crippen LogP) is 1.55. The average molecular weight is 317 g/mol. The Kier molecular flexibility index (Phi) is 4.85. The Bertz CT molecular complexity index is 652. The van der Waals surface area contributed by atoms with Crippen LogP contribution in [0.4, 0.5) is 0 Å². The topological polar surface area (TPSA) is 92.5 Å². The molecule has 6 heteroatoms. The number of unbranched alkanes of at least 4 members (excludes halogenated alkanes) is 1. The number of rotatable bonds is 6. The van der Waals surface area contributed by atoms with Gasteiger partial charge in [-0.1, -0.05) is 13.3 Å². The second kappa shape index (κ2) is 6.50. The third-order valence-electron chi connectivity index (χ3n) is 3.93.